The van der Waals surface area contributed by atoms with Crippen molar-refractivity contribution in [1.29, 1.82) is 0 Å². The maximum Gasteiger partial charge on any atom is 0.274 e. The van der Waals surface area contributed by atoms with Crippen LogP contribution in [0.2, 0.25) is 0 Å². The number of aryl methyl sites for hydroxylation is 1. The molecule has 3 atom stereocenters. The molecule has 2 aliphatic heterocycles. The minimum Gasteiger partial charge on any atom is -0.391 e. The van der Waals surface area contributed by atoms with Gasteiger partial charge >= 0.3 is 0 Å². The topological polar surface area (TPSA) is 110 Å². The van der Waals surface area contributed by atoms with Crippen LogP contribution in [0.1, 0.15) is 36.3 Å². The lowest BCUT2D eigenvalue weighted by Crippen LogP contribution is -2.54. The van der Waals surface area contributed by atoms with Crippen molar-refractivity contribution in [3.05, 3.63) is 47.8 Å². The van der Waals surface area contributed by atoms with E-state index in [2.05, 4.69) is 34.3 Å². The Morgan fingerprint density at radius 1 is 1.14 bits per heavy atom. The van der Waals surface area contributed by atoms with E-state index in [1.807, 2.05) is 43.5 Å². The van der Waals surface area contributed by atoms with Crippen LogP contribution < -0.4 is 10.2 Å². The molecule has 37 heavy (non-hydrogen) atoms. The summed E-state index contributed by atoms with van der Waals surface area (Å²) in [7, 11) is 0. The van der Waals surface area contributed by atoms with E-state index in [1.54, 1.807) is 4.90 Å². The second kappa shape index (κ2) is 9.51. The number of β-amino-alcohol motifs (C(OH)–C–C–N with tert-alkyl or cyclic N) is 1. The molecular formula is C27H31N7O2S. The molecule has 0 aliphatic carbocycles. The Hall–Kier alpha value is -3.34. The number of nitrogens with zero attached hydrogens (tertiary/aromatic N) is 5. The number of hydrogen-bond acceptors (Lipinski definition) is 8. The molecule has 0 radical (unpaired) electrons. The third-order valence-electron chi connectivity index (χ3n) is 7.18. The fourth-order valence-corrected chi connectivity index (χ4v) is 6.46. The predicted molar refractivity (Wildman–Crippen MR) is 146 cm³/mol. The number of rotatable bonds is 4. The van der Waals surface area contributed by atoms with Gasteiger partial charge in [-0.2, -0.15) is 5.10 Å². The smallest absolute Gasteiger partial charge is 0.274 e. The molecular weight excluding hydrogens is 486 g/mol. The van der Waals surface area contributed by atoms with Gasteiger partial charge in [0.15, 0.2) is 0 Å². The number of H-pyrrole nitrogens is 1. The van der Waals surface area contributed by atoms with E-state index in [-0.39, 0.29) is 5.91 Å². The predicted octanol–water partition coefficient (Wildman–Crippen LogP) is 3.45. The standard InChI is InChI=1S/C27H31N7O2S/c1-15-5-4-6-20-22(15)31-32-23(20)26-30-24(27(36)33-10-9-19(35)14-33)25(37-26)18-7-8-21(28-11-18)34-12-16(2)29-17(3)13-34/h4-8,11,16-17,19,29,35H,9-10,12-14H2,1-3H3,(H,31,32). The van der Waals surface area contributed by atoms with E-state index in [0.717, 1.165) is 51.5 Å². The molecule has 5 heterocycles. The number of aliphatic hydroxyl groups is 1. The van der Waals surface area contributed by atoms with Crippen LogP contribution in [0.15, 0.2) is 36.5 Å². The number of amides is 1. The quantitative estimate of drug-likeness (QED) is 0.380. The van der Waals surface area contributed by atoms with Crippen LogP contribution >= 0.6 is 11.3 Å². The monoisotopic (exact) mass is 517 g/mol. The van der Waals surface area contributed by atoms with Gasteiger partial charge in [0.1, 0.15) is 22.2 Å². The highest BCUT2D eigenvalue weighted by Gasteiger charge is 2.31. The van der Waals surface area contributed by atoms with Gasteiger partial charge < -0.3 is 20.2 Å². The van der Waals surface area contributed by atoms with E-state index in [9.17, 15) is 9.90 Å². The van der Waals surface area contributed by atoms with Crippen molar-refractivity contribution in [2.24, 2.45) is 0 Å². The summed E-state index contributed by atoms with van der Waals surface area (Å²) in [5.74, 6) is 0.761. The molecule has 3 unspecified atom stereocenters. The number of hydrogen-bond donors (Lipinski definition) is 3. The molecule has 4 aromatic rings. The van der Waals surface area contributed by atoms with Crippen molar-refractivity contribution in [2.45, 2.75) is 45.4 Å². The van der Waals surface area contributed by atoms with Crippen LogP contribution in [0.5, 0.6) is 0 Å². The number of anilines is 1. The van der Waals surface area contributed by atoms with Gasteiger partial charge in [-0.1, -0.05) is 18.2 Å². The SMILES string of the molecule is Cc1cccc2c(-c3nc(C(=O)N4CCC(O)C4)c(-c4ccc(N5CC(C)NC(C)C5)nc4)s3)n[nH]c12. The highest BCUT2D eigenvalue weighted by molar-refractivity contribution is 7.18. The third-order valence-corrected chi connectivity index (χ3v) is 8.29. The van der Waals surface area contributed by atoms with Gasteiger partial charge in [-0.15, -0.1) is 11.3 Å². The number of para-hydroxylation sites is 1. The van der Waals surface area contributed by atoms with Crippen molar-refractivity contribution in [1.82, 2.24) is 30.4 Å². The second-order valence-electron chi connectivity index (χ2n) is 10.2. The highest BCUT2D eigenvalue weighted by atomic mass is 32.1. The summed E-state index contributed by atoms with van der Waals surface area (Å²) in [6.45, 7) is 9.05. The van der Waals surface area contributed by atoms with Crippen molar-refractivity contribution in [3.63, 3.8) is 0 Å². The Morgan fingerprint density at radius 2 is 1.95 bits per heavy atom. The fraction of sp³-hybridized carbons (Fsp3) is 0.407. The number of pyridine rings is 1. The first-order valence-electron chi connectivity index (χ1n) is 12.8. The number of thiazole rings is 1. The molecule has 2 saturated heterocycles. The number of carbonyl (C=O) groups excluding carboxylic acids is 1. The zero-order valence-electron chi connectivity index (χ0n) is 21.2. The van der Waals surface area contributed by atoms with Crippen LogP contribution in [-0.2, 0) is 0 Å². The van der Waals surface area contributed by atoms with E-state index in [0.29, 0.717) is 42.3 Å². The van der Waals surface area contributed by atoms with Gasteiger partial charge in [0.25, 0.3) is 5.91 Å². The van der Waals surface area contributed by atoms with Crippen LogP contribution in [0.3, 0.4) is 0 Å². The summed E-state index contributed by atoms with van der Waals surface area (Å²) in [5, 5.41) is 22.9. The number of aromatic nitrogens is 4. The highest BCUT2D eigenvalue weighted by Crippen LogP contribution is 2.38. The largest absolute Gasteiger partial charge is 0.391 e. The molecule has 3 N–H and O–H groups in total. The number of benzene rings is 1. The summed E-state index contributed by atoms with van der Waals surface area (Å²) < 4.78 is 0. The Morgan fingerprint density at radius 3 is 2.65 bits per heavy atom. The molecule has 0 saturated carbocycles. The van der Waals surface area contributed by atoms with Gasteiger partial charge in [-0.3, -0.25) is 9.89 Å². The van der Waals surface area contributed by atoms with Crippen LogP contribution in [-0.4, -0.2) is 80.4 Å². The van der Waals surface area contributed by atoms with Gasteiger partial charge in [-0.25, -0.2) is 9.97 Å². The second-order valence-corrected chi connectivity index (χ2v) is 11.2. The summed E-state index contributed by atoms with van der Waals surface area (Å²) >= 11 is 1.45. The number of aliphatic hydroxyl groups excluding tert-OH is 1. The minimum atomic E-state index is -0.492. The molecule has 9 nitrogen and oxygen atoms in total. The van der Waals surface area contributed by atoms with E-state index >= 15 is 0 Å². The average molecular weight is 518 g/mol. The zero-order chi connectivity index (χ0) is 25.7. The van der Waals surface area contributed by atoms with Crippen LogP contribution in [0, 0.1) is 6.92 Å². The molecule has 2 aliphatic rings. The first kappa shape index (κ1) is 24.0. The summed E-state index contributed by atoms with van der Waals surface area (Å²) in [6.07, 6.45) is 1.93. The third kappa shape index (κ3) is 4.49. The molecule has 10 heteroatoms. The molecule has 1 amide bonds. The zero-order valence-corrected chi connectivity index (χ0v) is 22.0. The molecule has 0 spiro atoms. The lowest BCUT2D eigenvalue weighted by molar-refractivity contribution is 0.0761. The number of fused-ring (bicyclic) bond motifs is 1. The minimum absolute atomic E-state index is 0.168. The van der Waals surface area contributed by atoms with Crippen LogP contribution in [0.4, 0.5) is 5.82 Å². The summed E-state index contributed by atoms with van der Waals surface area (Å²) in [5.41, 5.74) is 4.04. The van der Waals surface area contributed by atoms with Gasteiger partial charge in [-0.05, 0) is 44.9 Å². The lowest BCUT2D eigenvalue weighted by atomic mass is 10.1. The number of likely N-dealkylation sites (tertiary alicyclic amines) is 1. The van der Waals surface area contributed by atoms with E-state index in [4.69, 9.17) is 9.97 Å². The molecule has 192 valence electrons. The first-order valence-corrected chi connectivity index (χ1v) is 13.6. The maximum atomic E-state index is 13.6. The molecule has 6 rings (SSSR count). The number of aromatic amines is 1. The van der Waals surface area contributed by atoms with Crippen molar-refractivity contribution >= 4 is 34.0 Å². The first-order chi connectivity index (χ1) is 17.9. The van der Waals surface area contributed by atoms with Crippen molar-refractivity contribution in [2.75, 3.05) is 31.1 Å². The van der Waals surface area contributed by atoms with Gasteiger partial charge in [0.05, 0.1) is 16.5 Å². The van der Waals surface area contributed by atoms with E-state index < -0.39 is 6.10 Å². The Bertz CT molecular complexity index is 1440. The Balaban J connectivity index is 1.39. The van der Waals surface area contributed by atoms with Crippen LogP contribution in [0.25, 0.3) is 32.0 Å². The number of nitrogens with one attached hydrogen (secondary N) is 2. The lowest BCUT2D eigenvalue weighted by Gasteiger charge is -2.36. The number of carbonyl (C=O) groups is 1. The average Bonchev–Trinajstić information content (AvgIpc) is 3.61. The normalized spacial score (nSPS) is 22.2. The van der Waals surface area contributed by atoms with Crippen molar-refractivity contribution < 1.29 is 9.90 Å². The number of piperazine rings is 1. The maximum absolute atomic E-state index is 13.6. The van der Waals surface area contributed by atoms with Gasteiger partial charge in [0.2, 0.25) is 0 Å². The summed E-state index contributed by atoms with van der Waals surface area (Å²) in [6, 6.07) is 10.9. The molecule has 3 aromatic heterocycles. The molecule has 2 fully saturated rings. The van der Waals surface area contributed by atoms with Crippen molar-refractivity contribution in [3.8, 4) is 21.1 Å². The molecule has 0 bridgehead atoms. The Kier molecular flexibility index (Phi) is 6.18. The molecule has 1 aromatic carbocycles. The summed E-state index contributed by atoms with van der Waals surface area (Å²) in [4.78, 5) is 27.9. The fourth-order valence-electron chi connectivity index (χ4n) is 5.41. The van der Waals surface area contributed by atoms with Gasteiger partial charge in [0, 0.05) is 55.4 Å². The Labute approximate surface area is 219 Å². The van der Waals surface area contributed by atoms with E-state index in [1.165, 1.54) is 11.3 Å².